The summed E-state index contributed by atoms with van der Waals surface area (Å²) in [5.41, 5.74) is 4.87. The van der Waals surface area contributed by atoms with Crippen LogP contribution in [-0.2, 0) is 9.59 Å². The first-order chi connectivity index (χ1) is 7.49. The standard InChI is InChI=1S/C9H15N3O4/c10-7(13)3-6(8(14)15)12-9(16)11-4-5-1-2-5/h5-6H,1-4H2,(H2,10,13)(H,14,15)(H2,11,12,16). The largest absolute Gasteiger partial charge is 0.480 e. The molecule has 16 heavy (non-hydrogen) atoms. The molecule has 1 saturated carbocycles. The van der Waals surface area contributed by atoms with Crippen LogP contribution >= 0.6 is 0 Å². The first-order valence-corrected chi connectivity index (χ1v) is 5.04. The van der Waals surface area contributed by atoms with Gasteiger partial charge in [0.25, 0.3) is 0 Å². The summed E-state index contributed by atoms with van der Waals surface area (Å²) in [5.74, 6) is -1.54. The highest BCUT2D eigenvalue weighted by atomic mass is 16.4. The Morgan fingerprint density at radius 1 is 1.38 bits per heavy atom. The number of primary amides is 1. The number of urea groups is 1. The van der Waals surface area contributed by atoms with Crippen LogP contribution < -0.4 is 16.4 Å². The lowest BCUT2D eigenvalue weighted by atomic mass is 10.2. The van der Waals surface area contributed by atoms with Crippen molar-refractivity contribution in [1.29, 1.82) is 0 Å². The van der Waals surface area contributed by atoms with Gasteiger partial charge in [0.15, 0.2) is 0 Å². The quantitative estimate of drug-likeness (QED) is 0.467. The topological polar surface area (TPSA) is 122 Å². The van der Waals surface area contributed by atoms with Crippen molar-refractivity contribution in [3.8, 4) is 0 Å². The average Bonchev–Trinajstić information content (AvgIpc) is 2.96. The second kappa shape index (κ2) is 5.34. The highest BCUT2D eigenvalue weighted by molar-refractivity contribution is 5.87. The molecular formula is C9H15N3O4. The van der Waals surface area contributed by atoms with Gasteiger partial charge in [0.05, 0.1) is 6.42 Å². The maximum Gasteiger partial charge on any atom is 0.326 e. The minimum atomic E-state index is -1.28. The molecule has 1 rings (SSSR count). The summed E-state index contributed by atoms with van der Waals surface area (Å²) in [6, 6.07) is -1.85. The molecule has 0 heterocycles. The van der Waals surface area contributed by atoms with Gasteiger partial charge in [-0.2, -0.15) is 0 Å². The lowest BCUT2D eigenvalue weighted by Gasteiger charge is -2.13. The fourth-order valence-electron chi connectivity index (χ4n) is 1.17. The molecular weight excluding hydrogens is 214 g/mol. The van der Waals surface area contributed by atoms with Crippen molar-refractivity contribution in [2.24, 2.45) is 11.7 Å². The SMILES string of the molecule is NC(=O)CC(NC(=O)NCC1CC1)C(=O)O. The molecule has 3 amide bonds. The molecule has 1 unspecified atom stereocenters. The Morgan fingerprint density at radius 2 is 2.00 bits per heavy atom. The molecule has 1 aliphatic carbocycles. The van der Waals surface area contributed by atoms with Crippen LogP contribution in [0.2, 0.25) is 0 Å². The van der Waals surface area contributed by atoms with E-state index in [0.29, 0.717) is 12.5 Å². The van der Waals surface area contributed by atoms with E-state index < -0.39 is 30.4 Å². The number of nitrogens with two attached hydrogens (primary N) is 1. The number of carboxylic acid groups (broad SMARTS) is 1. The minimum Gasteiger partial charge on any atom is -0.480 e. The highest BCUT2D eigenvalue weighted by Crippen LogP contribution is 2.27. The van der Waals surface area contributed by atoms with Gasteiger partial charge in [0, 0.05) is 6.54 Å². The van der Waals surface area contributed by atoms with E-state index in [0.717, 1.165) is 12.8 Å². The van der Waals surface area contributed by atoms with Crippen LogP contribution in [0.15, 0.2) is 0 Å². The first-order valence-electron chi connectivity index (χ1n) is 5.04. The van der Waals surface area contributed by atoms with Crippen LogP contribution in [0.4, 0.5) is 4.79 Å². The van der Waals surface area contributed by atoms with E-state index in [1.54, 1.807) is 0 Å². The second-order valence-electron chi connectivity index (χ2n) is 3.86. The molecule has 0 aromatic rings. The van der Waals surface area contributed by atoms with E-state index in [2.05, 4.69) is 10.6 Å². The van der Waals surface area contributed by atoms with Crippen molar-refractivity contribution < 1.29 is 19.5 Å². The van der Waals surface area contributed by atoms with Crippen LogP contribution in [0.25, 0.3) is 0 Å². The molecule has 0 bridgehead atoms. The third kappa shape index (κ3) is 4.63. The lowest BCUT2D eigenvalue weighted by molar-refractivity contribution is -0.140. The third-order valence-corrected chi connectivity index (χ3v) is 2.26. The molecule has 1 fully saturated rings. The molecule has 7 nitrogen and oxygen atoms in total. The Labute approximate surface area is 92.4 Å². The van der Waals surface area contributed by atoms with Gasteiger partial charge in [-0.1, -0.05) is 0 Å². The zero-order valence-corrected chi connectivity index (χ0v) is 8.73. The number of carboxylic acids is 1. The highest BCUT2D eigenvalue weighted by Gasteiger charge is 2.24. The fraction of sp³-hybridized carbons (Fsp3) is 0.667. The van der Waals surface area contributed by atoms with Gasteiger partial charge >= 0.3 is 12.0 Å². The van der Waals surface area contributed by atoms with Gasteiger partial charge in [0.1, 0.15) is 6.04 Å². The summed E-state index contributed by atoms with van der Waals surface area (Å²) < 4.78 is 0. The predicted molar refractivity (Wildman–Crippen MR) is 54.5 cm³/mol. The summed E-state index contributed by atoms with van der Waals surface area (Å²) in [5, 5.41) is 13.4. The minimum absolute atomic E-state index is 0.411. The number of rotatable bonds is 6. The fourth-order valence-corrected chi connectivity index (χ4v) is 1.17. The van der Waals surface area contributed by atoms with Crippen LogP contribution in [0.1, 0.15) is 19.3 Å². The van der Waals surface area contributed by atoms with Gasteiger partial charge in [-0.15, -0.1) is 0 Å². The van der Waals surface area contributed by atoms with Gasteiger partial charge in [-0.25, -0.2) is 9.59 Å². The van der Waals surface area contributed by atoms with Gasteiger partial charge in [-0.3, -0.25) is 4.79 Å². The van der Waals surface area contributed by atoms with Gasteiger partial charge in [-0.05, 0) is 18.8 Å². The molecule has 90 valence electrons. The van der Waals surface area contributed by atoms with E-state index in [-0.39, 0.29) is 0 Å². The van der Waals surface area contributed by atoms with E-state index in [1.165, 1.54) is 0 Å². The van der Waals surface area contributed by atoms with Crippen molar-refractivity contribution in [2.45, 2.75) is 25.3 Å². The number of carbonyl (C=O) groups excluding carboxylic acids is 2. The summed E-state index contributed by atoms with van der Waals surface area (Å²) in [6.07, 6.45) is 1.76. The maximum atomic E-state index is 11.2. The monoisotopic (exact) mass is 229 g/mol. The van der Waals surface area contributed by atoms with Crippen LogP contribution in [0.3, 0.4) is 0 Å². The molecule has 0 aromatic carbocycles. The van der Waals surface area contributed by atoms with Crippen molar-refractivity contribution in [2.75, 3.05) is 6.54 Å². The van der Waals surface area contributed by atoms with Crippen molar-refractivity contribution >= 4 is 17.9 Å². The normalized spacial score (nSPS) is 16.2. The average molecular weight is 229 g/mol. The van der Waals surface area contributed by atoms with Crippen LogP contribution in [0.5, 0.6) is 0 Å². The predicted octanol–water partition coefficient (Wildman–Crippen LogP) is -0.976. The first kappa shape index (κ1) is 12.3. The second-order valence-corrected chi connectivity index (χ2v) is 3.86. The number of hydrogen-bond donors (Lipinski definition) is 4. The van der Waals surface area contributed by atoms with E-state index in [4.69, 9.17) is 10.8 Å². The summed E-state index contributed by atoms with van der Waals surface area (Å²) in [6.45, 7) is 0.536. The van der Waals surface area contributed by atoms with E-state index >= 15 is 0 Å². The zero-order chi connectivity index (χ0) is 12.1. The Morgan fingerprint density at radius 3 is 2.44 bits per heavy atom. The number of carbonyl (C=O) groups is 3. The van der Waals surface area contributed by atoms with Gasteiger partial charge < -0.3 is 21.5 Å². The molecule has 0 aliphatic heterocycles. The molecule has 0 saturated heterocycles. The lowest BCUT2D eigenvalue weighted by Crippen LogP contribution is -2.48. The molecule has 0 spiro atoms. The maximum absolute atomic E-state index is 11.2. The number of aliphatic carboxylic acids is 1. The Kier molecular flexibility index (Phi) is 4.10. The van der Waals surface area contributed by atoms with Crippen molar-refractivity contribution in [3.63, 3.8) is 0 Å². The molecule has 7 heteroatoms. The molecule has 1 atom stereocenters. The number of amides is 3. The van der Waals surface area contributed by atoms with Crippen molar-refractivity contribution in [3.05, 3.63) is 0 Å². The third-order valence-electron chi connectivity index (χ3n) is 2.26. The van der Waals surface area contributed by atoms with Crippen molar-refractivity contribution in [1.82, 2.24) is 10.6 Å². The summed E-state index contributed by atoms with van der Waals surface area (Å²) >= 11 is 0. The molecule has 0 radical (unpaired) electrons. The van der Waals surface area contributed by atoms with E-state index in [9.17, 15) is 14.4 Å². The number of nitrogens with one attached hydrogen (secondary N) is 2. The zero-order valence-electron chi connectivity index (χ0n) is 8.73. The van der Waals surface area contributed by atoms with E-state index in [1.807, 2.05) is 0 Å². The molecule has 1 aliphatic rings. The van der Waals surface area contributed by atoms with Crippen LogP contribution in [0, 0.1) is 5.92 Å². The summed E-state index contributed by atoms with van der Waals surface area (Å²) in [4.78, 5) is 32.5. The Hall–Kier alpha value is -1.79. The van der Waals surface area contributed by atoms with Crippen LogP contribution in [-0.4, -0.2) is 35.6 Å². The smallest absolute Gasteiger partial charge is 0.326 e. The molecule has 0 aromatic heterocycles. The van der Waals surface area contributed by atoms with Gasteiger partial charge in [0.2, 0.25) is 5.91 Å². The molecule has 5 N–H and O–H groups in total. The number of hydrogen-bond acceptors (Lipinski definition) is 3. The Bertz CT molecular complexity index is 301. The summed E-state index contributed by atoms with van der Waals surface area (Å²) in [7, 11) is 0. The Balaban J connectivity index is 2.30.